The Kier molecular flexibility index (Phi) is 11.8. The van der Waals surface area contributed by atoms with E-state index in [0.717, 1.165) is 5.56 Å². The molecule has 2 aromatic carbocycles. The van der Waals surface area contributed by atoms with Gasteiger partial charge in [-0.15, -0.1) is 0 Å². The van der Waals surface area contributed by atoms with Gasteiger partial charge < -0.3 is 31.3 Å². The third-order valence-electron chi connectivity index (χ3n) is 5.90. The van der Waals surface area contributed by atoms with Crippen LogP contribution in [-0.4, -0.2) is 78.8 Å². The van der Waals surface area contributed by atoms with E-state index in [1.165, 1.54) is 38.1 Å². The number of nitrogens with zero attached hydrogens (tertiary/aromatic N) is 1. The molecule has 5 N–H and O–H groups in total. The molecule has 2 aromatic rings. The van der Waals surface area contributed by atoms with E-state index in [2.05, 4.69) is 21.3 Å². The Balaban J connectivity index is 2.04. The van der Waals surface area contributed by atoms with Gasteiger partial charge in [-0.1, -0.05) is 42.5 Å². The van der Waals surface area contributed by atoms with Crippen molar-refractivity contribution in [3.05, 3.63) is 65.7 Å². The quantitative estimate of drug-likeness (QED) is 0.245. The summed E-state index contributed by atoms with van der Waals surface area (Å²) in [6.45, 7) is 0.565. The number of phenolic OH excluding ortho intramolecular Hbond substituents is 1. The van der Waals surface area contributed by atoms with Crippen molar-refractivity contribution in [1.29, 1.82) is 0 Å². The van der Waals surface area contributed by atoms with Crippen molar-refractivity contribution in [2.75, 3.05) is 27.2 Å². The molecule has 0 fully saturated rings. The molecule has 0 bridgehead atoms. The fraction of sp³-hybridized carbons (Fsp3) is 0.370. The Hall–Kier alpha value is -4.41. The predicted molar refractivity (Wildman–Crippen MR) is 141 cm³/mol. The topological polar surface area (TPSA) is 157 Å². The van der Waals surface area contributed by atoms with Gasteiger partial charge in [-0.2, -0.15) is 0 Å². The van der Waals surface area contributed by atoms with Crippen LogP contribution >= 0.6 is 0 Å². The minimum atomic E-state index is -1.05. The zero-order valence-electron chi connectivity index (χ0n) is 21.8. The molecule has 0 spiro atoms. The molecular formula is C27H35N5O6. The minimum Gasteiger partial charge on any atom is -0.508 e. The van der Waals surface area contributed by atoms with E-state index < -0.39 is 35.7 Å². The van der Waals surface area contributed by atoms with Crippen molar-refractivity contribution in [2.24, 2.45) is 0 Å². The standard InChI is InChI=1S/C27H35N5O6/c1-18(33)29-16-24(35)31-22(15-20-9-12-21(34)13-10-20)26(37)30-17-25(36)32(3)23(27(38)28-2)14-11-19-7-5-4-6-8-19/h4-10,12-13,22-23,34H,11,14-17H2,1-3H3,(H,28,38)(H,29,33)(H,30,37)(H,31,35). The maximum absolute atomic E-state index is 13.0. The number of likely N-dealkylation sites (N-methyl/N-ethyl adjacent to an activating group) is 2. The van der Waals surface area contributed by atoms with E-state index in [1.54, 1.807) is 12.1 Å². The number of carbonyl (C=O) groups is 5. The summed E-state index contributed by atoms with van der Waals surface area (Å²) in [5, 5.41) is 19.5. The first-order valence-corrected chi connectivity index (χ1v) is 12.2. The van der Waals surface area contributed by atoms with Crippen LogP contribution in [0.2, 0.25) is 0 Å². The zero-order valence-corrected chi connectivity index (χ0v) is 21.8. The number of rotatable bonds is 13. The van der Waals surface area contributed by atoms with Crippen LogP contribution in [0.15, 0.2) is 54.6 Å². The van der Waals surface area contributed by atoms with E-state index >= 15 is 0 Å². The van der Waals surface area contributed by atoms with Crippen molar-refractivity contribution < 1.29 is 29.1 Å². The van der Waals surface area contributed by atoms with Crippen LogP contribution in [0.5, 0.6) is 5.75 Å². The van der Waals surface area contributed by atoms with Gasteiger partial charge in [-0.05, 0) is 36.1 Å². The molecule has 0 aliphatic rings. The molecule has 0 radical (unpaired) electrons. The second-order valence-electron chi connectivity index (χ2n) is 8.78. The van der Waals surface area contributed by atoms with Gasteiger partial charge in [0.1, 0.15) is 17.8 Å². The summed E-state index contributed by atoms with van der Waals surface area (Å²) in [7, 11) is 3.00. The molecule has 11 heteroatoms. The lowest BCUT2D eigenvalue weighted by Gasteiger charge is -2.27. The number of aryl methyl sites for hydroxylation is 1. The molecule has 0 saturated heterocycles. The van der Waals surface area contributed by atoms with E-state index in [9.17, 15) is 29.1 Å². The minimum absolute atomic E-state index is 0.0519. The van der Waals surface area contributed by atoms with Crippen molar-refractivity contribution in [2.45, 2.75) is 38.3 Å². The molecule has 11 nitrogen and oxygen atoms in total. The third-order valence-corrected chi connectivity index (χ3v) is 5.90. The van der Waals surface area contributed by atoms with Crippen LogP contribution in [0, 0.1) is 0 Å². The summed E-state index contributed by atoms with van der Waals surface area (Å²) in [6, 6.07) is 13.9. The SMILES string of the molecule is CNC(=O)C(CCc1ccccc1)N(C)C(=O)CNC(=O)C(Cc1ccc(O)cc1)NC(=O)CNC(C)=O. The number of nitrogens with one attached hydrogen (secondary N) is 4. The Morgan fingerprint density at radius 2 is 1.53 bits per heavy atom. The zero-order chi connectivity index (χ0) is 28.1. The summed E-state index contributed by atoms with van der Waals surface area (Å²) < 4.78 is 0. The van der Waals surface area contributed by atoms with Gasteiger partial charge in [0, 0.05) is 27.4 Å². The number of benzene rings is 2. The number of carbonyl (C=O) groups excluding carboxylic acids is 5. The molecule has 0 aliphatic heterocycles. The highest BCUT2D eigenvalue weighted by Gasteiger charge is 2.27. The summed E-state index contributed by atoms with van der Waals surface area (Å²) in [6.07, 6.45) is 1.06. The van der Waals surface area contributed by atoms with Gasteiger partial charge >= 0.3 is 0 Å². The van der Waals surface area contributed by atoms with Gasteiger partial charge in [-0.25, -0.2) is 0 Å². The molecule has 38 heavy (non-hydrogen) atoms. The Morgan fingerprint density at radius 3 is 2.13 bits per heavy atom. The van der Waals surface area contributed by atoms with Crippen molar-refractivity contribution in [1.82, 2.24) is 26.2 Å². The fourth-order valence-electron chi connectivity index (χ4n) is 3.73. The van der Waals surface area contributed by atoms with E-state index in [4.69, 9.17) is 0 Å². The van der Waals surface area contributed by atoms with Crippen LogP contribution in [-0.2, 0) is 36.8 Å². The number of aromatic hydroxyl groups is 1. The van der Waals surface area contributed by atoms with Crippen LogP contribution in [0.4, 0.5) is 0 Å². The Morgan fingerprint density at radius 1 is 0.868 bits per heavy atom. The lowest BCUT2D eigenvalue weighted by molar-refractivity contribution is -0.139. The average molecular weight is 526 g/mol. The molecule has 0 heterocycles. The van der Waals surface area contributed by atoms with Crippen LogP contribution in [0.25, 0.3) is 0 Å². The first kappa shape index (κ1) is 29.8. The van der Waals surface area contributed by atoms with Crippen molar-refractivity contribution >= 4 is 29.5 Å². The summed E-state index contributed by atoms with van der Waals surface area (Å²) in [5.41, 5.74) is 1.69. The molecule has 0 saturated carbocycles. The van der Waals surface area contributed by atoms with E-state index in [-0.39, 0.29) is 31.2 Å². The highest BCUT2D eigenvalue weighted by Crippen LogP contribution is 2.12. The second kappa shape index (κ2) is 15.0. The molecule has 2 unspecified atom stereocenters. The lowest BCUT2D eigenvalue weighted by Crippen LogP contribution is -2.53. The highest BCUT2D eigenvalue weighted by molar-refractivity contribution is 5.93. The van der Waals surface area contributed by atoms with E-state index in [0.29, 0.717) is 18.4 Å². The number of phenols is 1. The maximum atomic E-state index is 13.0. The van der Waals surface area contributed by atoms with Crippen LogP contribution < -0.4 is 21.3 Å². The third kappa shape index (κ3) is 9.92. The number of hydrogen-bond donors (Lipinski definition) is 5. The normalized spacial score (nSPS) is 12.0. The molecule has 0 aromatic heterocycles. The maximum Gasteiger partial charge on any atom is 0.243 e. The molecule has 0 aliphatic carbocycles. The molecule has 2 rings (SSSR count). The average Bonchev–Trinajstić information content (AvgIpc) is 2.91. The monoisotopic (exact) mass is 525 g/mol. The number of amides is 5. The molecule has 204 valence electrons. The van der Waals surface area contributed by atoms with Gasteiger partial charge in [0.25, 0.3) is 0 Å². The van der Waals surface area contributed by atoms with Crippen molar-refractivity contribution in [3.63, 3.8) is 0 Å². The Labute approximate surface area is 222 Å². The van der Waals surface area contributed by atoms with Gasteiger partial charge in [0.15, 0.2) is 0 Å². The Bertz CT molecular complexity index is 1110. The van der Waals surface area contributed by atoms with Crippen molar-refractivity contribution in [3.8, 4) is 5.75 Å². The summed E-state index contributed by atoms with van der Waals surface area (Å²) in [4.78, 5) is 63.1. The first-order valence-electron chi connectivity index (χ1n) is 12.2. The summed E-state index contributed by atoms with van der Waals surface area (Å²) >= 11 is 0. The van der Waals surface area contributed by atoms with Crippen LogP contribution in [0.1, 0.15) is 24.5 Å². The molecule has 2 atom stereocenters. The predicted octanol–water partition coefficient (Wildman–Crippen LogP) is -0.122. The molecular weight excluding hydrogens is 490 g/mol. The largest absolute Gasteiger partial charge is 0.508 e. The fourth-order valence-corrected chi connectivity index (χ4v) is 3.73. The smallest absolute Gasteiger partial charge is 0.243 e. The first-order chi connectivity index (χ1) is 18.1. The van der Waals surface area contributed by atoms with Gasteiger partial charge in [0.2, 0.25) is 29.5 Å². The lowest BCUT2D eigenvalue weighted by atomic mass is 10.0. The number of hydrogen-bond acceptors (Lipinski definition) is 6. The van der Waals surface area contributed by atoms with Gasteiger partial charge in [-0.3, -0.25) is 24.0 Å². The second-order valence-corrected chi connectivity index (χ2v) is 8.78. The van der Waals surface area contributed by atoms with Gasteiger partial charge in [0.05, 0.1) is 13.1 Å². The van der Waals surface area contributed by atoms with E-state index in [1.807, 2.05) is 30.3 Å². The molecule has 5 amide bonds. The summed E-state index contributed by atoms with van der Waals surface area (Å²) in [5.74, 6) is -2.34. The highest BCUT2D eigenvalue weighted by atomic mass is 16.3. The van der Waals surface area contributed by atoms with Crippen LogP contribution in [0.3, 0.4) is 0 Å².